The summed E-state index contributed by atoms with van der Waals surface area (Å²) in [7, 11) is 5.66. The van der Waals surface area contributed by atoms with Crippen molar-refractivity contribution in [3.05, 3.63) is 12.4 Å². The summed E-state index contributed by atoms with van der Waals surface area (Å²) in [5, 5.41) is 16.1. The molecule has 0 bridgehead atoms. The monoisotopic (exact) mass is 239 g/mol. The van der Waals surface area contributed by atoms with Gasteiger partial charge in [0.05, 0.1) is 5.60 Å². The average molecular weight is 239 g/mol. The summed E-state index contributed by atoms with van der Waals surface area (Å²) in [6.07, 6.45) is 1.48. The summed E-state index contributed by atoms with van der Waals surface area (Å²) < 4.78 is 0. The zero-order valence-corrected chi connectivity index (χ0v) is 10.9. The van der Waals surface area contributed by atoms with E-state index < -0.39 is 5.60 Å². The number of hydrogen-bond acceptors (Lipinski definition) is 6. The number of rotatable bonds is 6. The van der Waals surface area contributed by atoms with Crippen LogP contribution in [0.5, 0.6) is 0 Å². The van der Waals surface area contributed by atoms with Crippen LogP contribution >= 0.6 is 0 Å². The number of aromatic nitrogens is 2. The fraction of sp³-hybridized carbons (Fsp3) is 0.636. The lowest BCUT2D eigenvalue weighted by Gasteiger charge is -2.27. The molecule has 0 aromatic carbocycles. The minimum Gasteiger partial charge on any atom is -0.387 e. The molecule has 3 N–H and O–H groups in total. The second-order valence-electron chi connectivity index (χ2n) is 4.63. The fourth-order valence-corrected chi connectivity index (χ4v) is 1.61. The van der Waals surface area contributed by atoms with Crippen LogP contribution in [0.15, 0.2) is 12.4 Å². The maximum atomic E-state index is 10.1. The molecule has 0 spiro atoms. The van der Waals surface area contributed by atoms with E-state index >= 15 is 0 Å². The van der Waals surface area contributed by atoms with Crippen molar-refractivity contribution in [2.45, 2.75) is 12.5 Å². The van der Waals surface area contributed by atoms with Crippen LogP contribution in [-0.4, -0.2) is 59.8 Å². The first kappa shape index (κ1) is 13.7. The van der Waals surface area contributed by atoms with E-state index in [1.807, 2.05) is 19.0 Å². The highest BCUT2D eigenvalue weighted by Crippen LogP contribution is 2.10. The van der Waals surface area contributed by atoms with Crippen molar-refractivity contribution in [1.82, 2.24) is 14.9 Å². The van der Waals surface area contributed by atoms with Crippen molar-refractivity contribution >= 4 is 11.6 Å². The molecule has 96 valence electrons. The minimum atomic E-state index is -0.797. The SMILES string of the molecule is CNc1cc(NCC(C)(O)CN(C)C)ncn1. The standard InChI is InChI=1S/C11H21N5O/c1-11(17,7-16(3)4)6-13-10-5-9(12-2)14-8-15-10/h5,8,17H,6-7H2,1-4H3,(H2,12,13,14,15). The maximum Gasteiger partial charge on any atom is 0.131 e. The quantitative estimate of drug-likeness (QED) is 0.660. The molecule has 1 atom stereocenters. The van der Waals surface area contributed by atoms with E-state index in [1.165, 1.54) is 6.33 Å². The van der Waals surface area contributed by atoms with E-state index in [1.54, 1.807) is 20.0 Å². The van der Waals surface area contributed by atoms with Crippen molar-refractivity contribution in [1.29, 1.82) is 0 Å². The molecule has 6 nitrogen and oxygen atoms in total. The number of likely N-dealkylation sites (N-methyl/N-ethyl adjacent to an activating group) is 1. The van der Waals surface area contributed by atoms with Crippen LogP contribution in [0.3, 0.4) is 0 Å². The molecule has 0 saturated carbocycles. The third-order valence-corrected chi connectivity index (χ3v) is 2.23. The van der Waals surface area contributed by atoms with Crippen LogP contribution in [0.2, 0.25) is 0 Å². The molecule has 1 aromatic heterocycles. The predicted octanol–water partition coefficient (Wildman–Crippen LogP) is 0.243. The topological polar surface area (TPSA) is 73.3 Å². The summed E-state index contributed by atoms with van der Waals surface area (Å²) in [6, 6.07) is 1.80. The molecule has 1 heterocycles. The maximum absolute atomic E-state index is 10.1. The number of aliphatic hydroxyl groups is 1. The lowest BCUT2D eigenvalue weighted by molar-refractivity contribution is 0.0459. The molecule has 0 saturated heterocycles. The Morgan fingerprint density at radius 3 is 2.59 bits per heavy atom. The van der Waals surface area contributed by atoms with Gasteiger partial charge in [0.2, 0.25) is 0 Å². The van der Waals surface area contributed by atoms with Crippen molar-refractivity contribution in [2.75, 3.05) is 44.9 Å². The van der Waals surface area contributed by atoms with Gasteiger partial charge in [0.15, 0.2) is 0 Å². The van der Waals surface area contributed by atoms with Gasteiger partial charge in [0.1, 0.15) is 18.0 Å². The third-order valence-electron chi connectivity index (χ3n) is 2.23. The van der Waals surface area contributed by atoms with Crippen LogP contribution in [0.1, 0.15) is 6.92 Å². The van der Waals surface area contributed by atoms with Gasteiger partial charge < -0.3 is 20.6 Å². The fourth-order valence-electron chi connectivity index (χ4n) is 1.61. The highest BCUT2D eigenvalue weighted by atomic mass is 16.3. The van der Waals surface area contributed by atoms with E-state index in [9.17, 15) is 5.11 Å². The number of nitrogens with zero attached hydrogens (tertiary/aromatic N) is 3. The van der Waals surface area contributed by atoms with Gasteiger partial charge in [-0.3, -0.25) is 0 Å². The van der Waals surface area contributed by atoms with Gasteiger partial charge >= 0.3 is 0 Å². The largest absolute Gasteiger partial charge is 0.387 e. The molecule has 6 heteroatoms. The summed E-state index contributed by atoms with van der Waals surface area (Å²) in [4.78, 5) is 10.0. The van der Waals surface area contributed by atoms with Gasteiger partial charge in [-0.15, -0.1) is 0 Å². The van der Waals surface area contributed by atoms with Crippen LogP contribution in [0, 0.1) is 0 Å². The zero-order chi connectivity index (χ0) is 12.9. The average Bonchev–Trinajstić information content (AvgIpc) is 2.25. The van der Waals surface area contributed by atoms with Gasteiger partial charge in [-0.05, 0) is 21.0 Å². The Morgan fingerprint density at radius 2 is 2.00 bits per heavy atom. The van der Waals surface area contributed by atoms with Crippen molar-refractivity contribution in [2.24, 2.45) is 0 Å². The number of hydrogen-bond donors (Lipinski definition) is 3. The summed E-state index contributed by atoms with van der Waals surface area (Å²) in [5.41, 5.74) is -0.797. The summed E-state index contributed by atoms with van der Waals surface area (Å²) >= 11 is 0. The Balaban J connectivity index is 2.54. The normalized spacial score (nSPS) is 14.5. The highest BCUT2D eigenvalue weighted by molar-refractivity contribution is 5.46. The lowest BCUT2D eigenvalue weighted by Crippen LogP contribution is -2.43. The number of nitrogens with one attached hydrogen (secondary N) is 2. The molecule has 1 rings (SSSR count). The van der Waals surface area contributed by atoms with Crippen molar-refractivity contribution in [3.8, 4) is 0 Å². The van der Waals surface area contributed by atoms with Crippen LogP contribution in [0.25, 0.3) is 0 Å². The second-order valence-corrected chi connectivity index (χ2v) is 4.63. The van der Waals surface area contributed by atoms with E-state index in [-0.39, 0.29) is 0 Å². The van der Waals surface area contributed by atoms with Gasteiger partial charge in [0.25, 0.3) is 0 Å². The Kier molecular flexibility index (Phi) is 4.65. The van der Waals surface area contributed by atoms with Crippen molar-refractivity contribution in [3.63, 3.8) is 0 Å². The van der Waals surface area contributed by atoms with Crippen LogP contribution in [0.4, 0.5) is 11.6 Å². The third kappa shape index (κ3) is 4.97. The molecule has 0 aliphatic carbocycles. The van der Waals surface area contributed by atoms with E-state index in [0.717, 1.165) is 5.82 Å². The lowest BCUT2D eigenvalue weighted by atomic mass is 10.1. The first-order chi connectivity index (χ1) is 7.93. The molecule has 17 heavy (non-hydrogen) atoms. The molecule has 0 amide bonds. The van der Waals surface area contributed by atoms with Crippen LogP contribution < -0.4 is 10.6 Å². The predicted molar refractivity (Wildman–Crippen MR) is 69.2 cm³/mol. The number of anilines is 2. The van der Waals surface area contributed by atoms with Gasteiger partial charge in [-0.25, -0.2) is 9.97 Å². The van der Waals surface area contributed by atoms with E-state index in [4.69, 9.17) is 0 Å². The molecular weight excluding hydrogens is 218 g/mol. The Labute approximate surface area is 102 Å². The minimum absolute atomic E-state index is 0.436. The molecule has 0 aliphatic heterocycles. The van der Waals surface area contributed by atoms with Gasteiger partial charge in [-0.1, -0.05) is 0 Å². The zero-order valence-electron chi connectivity index (χ0n) is 10.9. The van der Waals surface area contributed by atoms with Crippen molar-refractivity contribution < 1.29 is 5.11 Å². The van der Waals surface area contributed by atoms with Crippen LogP contribution in [-0.2, 0) is 0 Å². The Bertz CT molecular complexity index is 353. The second kappa shape index (κ2) is 5.79. The molecular formula is C11H21N5O. The van der Waals surface area contributed by atoms with Gasteiger partial charge in [0, 0.05) is 26.2 Å². The smallest absolute Gasteiger partial charge is 0.131 e. The molecule has 0 radical (unpaired) electrons. The highest BCUT2D eigenvalue weighted by Gasteiger charge is 2.21. The Hall–Kier alpha value is -1.40. The molecule has 1 unspecified atom stereocenters. The molecule has 0 fully saturated rings. The first-order valence-corrected chi connectivity index (χ1v) is 5.54. The molecule has 1 aromatic rings. The summed E-state index contributed by atoms with van der Waals surface area (Å²) in [6.45, 7) is 2.81. The van der Waals surface area contributed by atoms with E-state index in [0.29, 0.717) is 18.9 Å². The molecule has 0 aliphatic rings. The van der Waals surface area contributed by atoms with E-state index in [2.05, 4.69) is 20.6 Å². The summed E-state index contributed by atoms with van der Waals surface area (Å²) in [5.74, 6) is 1.44. The van der Waals surface area contributed by atoms with Gasteiger partial charge in [-0.2, -0.15) is 0 Å². The Morgan fingerprint density at radius 1 is 1.35 bits per heavy atom. The first-order valence-electron chi connectivity index (χ1n) is 5.54.